The smallest absolute Gasteiger partial charge is 0.392 e. The third-order valence-corrected chi connectivity index (χ3v) is 6.75. The van der Waals surface area contributed by atoms with Gasteiger partial charge in [0, 0.05) is 25.3 Å². The molecule has 0 spiro atoms. The van der Waals surface area contributed by atoms with Crippen LogP contribution in [0.15, 0.2) is 66.7 Å². The monoisotopic (exact) mass is 568 g/mol. The van der Waals surface area contributed by atoms with Gasteiger partial charge in [0.1, 0.15) is 5.82 Å². The van der Waals surface area contributed by atoms with Gasteiger partial charge >= 0.3 is 6.18 Å². The number of halogens is 4. The van der Waals surface area contributed by atoms with E-state index >= 15 is 0 Å². The summed E-state index contributed by atoms with van der Waals surface area (Å²) in [5.74, 6) is -2.31. The molecule has 0 aliphatic carbocycles. The number of likely N-dealkylation sites (tertiary alicyclic amines) is 1. The minimum atomic E-state index is -4.79. The van der Waals surface area contributed by atoms with Gasteiger partial charge in [-0.3, -0.25) is 14.5 Å². The summed E-state index contributed by atoms with van der Waals surface area (Å²) in [4.78, 5) is 29.0. The average Bonchev–Trinajstić information content (AvgIpc) is 3.34. The van der Waals surface area contributed by atoms with E-state index in [-0.39, 0.29) is 24.7 Å². The van der Waals surface area contributed by atoms with Gasteiger partial charge in [-0.05, 0) is 59.9 Å². The molecule has 1 aliphatic heterocycles. The third-order valence-electron chi connectivity index (χ3n) is 6.75. The van der Waals surface area contributed by atoms with Gasteiger partial charge in [-0.15, -0.1) is 0 Å². The van der Waals surface area contributed by atoms with Gasteiger partial charge in [-0.1, -0.05) is 36.4 Å². The third kappa shape index (κ3) is 8.36. The average molecular weight is 569 g/mol. The summed E-state index contributed by atoms with van der Waals surface area (Å²) in [7, 11) is 0. The lowest BCUT2D eigenvalue weighted by Crippen LogP contribution is -2.44. The Labute approximate surface area is 234 Å². The van der Waals surface area contributed by atoms with Crippen molar-refractivity contribution >= 4 is 17.5 Å². The van der Waals surface area contributed by atoms with Crippen molar-refractivity contribution in [2.75, 3.05) is 38.0 Å². The standard InChI is InChI=1S/C30H28F4N4O3/c31-25-13-24(30(32,33)34)14-26(15-25)36-28(40)18-38(29(41)19-37-10-9-27(39)17-37)11-8-20-4-6-22(7-5-20)23-3-1-2-21(12-23)16-35/h1-7,12-15,27,39H,8-11,17-19H2,(H,36,40)/t27-/m1/s1. The summed E-state index contributed by atoms with van der Waals surface area (Å²) >= 11 is 0. The molecular weight excluding hydrogens is 540 g/mol. The van der Waals surface area contributed by atoms with Gasteiger partial charge in [0.05, 0.1) is 36.4 Å². The normalized spacial score (nSPS) is 15.4. The van der Waals surface area contributed by atoms with Crippen molar-refractivity contribution in [2.45, 2.75) is 25.1 Å². The van der Waals surface area contributed by atoms with Crippen molar-refractivity contribution in [2.24, 2.45) is 0 Å². The maximum Gasteiger partial charge on any atom is 0.416 e. The zero-order valence-corrected chi connectivity index (χ0v) is 22.0. The number of carbonyl (C=O) groups is 2. The maximum atomic E-state index is 13.8. The molecule has 3 aromatic carbocycles. The van der Waals surface area contributed by atoms with Crippen molar-refractivity contribution in [1.82, 2.24) is 9.80 Å². The molecule has 1 aliphatic rings. The lowest BCUT2D eigenvalue weighted by molar-refractivity contribution is -0.137. The Morgan fingerprint density at radius 3 is 2.49 bits per heavy atom. The van der Waals surface area contributed by atoms with Crippen LogP contribution in [0.5, 0.6) is 0 Å². The number of carbonyl (C=O) groups excluding carboxylic acids is 2. The van der Waals surface area contributed by atoms with Gasteiger partial charge < -0.3 is 15.3 Å². The molecule has 0 unspecified atom stereocenters. The van der Waals surface area contributed by atoms with Crippen LogP contribution in [-0.4, -0.2) is 65.5 Å². The van der Waals surface area contributed by atoms with E-state index in [9.17, 15) is 32.3 Å². The number of aliphatic hydroxyl groups is 1. The van der Waals surface area contributed by atoms with Crippen LogP contribution >= 0.6 is 0 Å². The first kappa shape index (κ1) is 29.7. The second-order valence-corrected chi connectivity index (χ2v) is 9.91. The van der Waals surface area contributed by atoms with Gasteiger partial charge in [-0.2, -0.15) is 18.4 Å². The molecular formula is C30H28F4N4O3. The Balaban J connectivity index is 1.45. The Morgan fingerprint density at radius 2 is 1.83 bits per heavy atom. The zero-order valence-electron chi connectivity index (χ0n) is 22.0. The van der Waals surface area contributed by atoms with Crippen LogP contribution in [0.3, 0.4) is 0 Å². The van der Waals surface area contributed by atoms with Crippen molar-refractivity contribution in [3.05, 3.63) is 89.2 Å². The van der Waals surface area contributed by atoms with Crippen LogP contribution in [0.1, 0.15) is 23.1 Å². The van der Waals surface area contributed by atoms with Crippen LogP contribution in [0.2, 0.25) is 0 Å². The lowest BCUT2D eigenvalue weighted by atomic mass is 10.0. The van der Waals surface area contributed by atoms with Crippen LogP contribution in [0.25, 0.3) is 11.1 Å². The molecule has 7 nitrogen and oxygen atoms in total. The quantitative estimate of drug-likeness (QED) is 0.372. The summed E-state index contributed by atoms with van der Waals surface area (Å²) in [5, 5.41) is 21.2. The second-order valence-electron chi connectivity index (χ2n) is 9.91. The Kier molecular flexibility index (Phi) is 9.37. The van der Waals surface area contributed by atoms with E-state index in [1.165, 1.54) is 4.90 Å². The predicted molar refractivity (Wildman–Crippen MR) is 144 cm³/mol. The molecule has 0 radical (unpaired) electrons. The molecule has 0 aromatic heterocycles. The minimum absolute atomic E-state index is 0.0311. The van der Waals surface area contributed by atoms with E-state index < -0.39 is 36.1 Å². The number of aliphatic hydroxyl groups excluding tert-OH is 1. The number of anilines is 1. The largest absolute Gasteiger partial charge is 0.416 e. The lowest BCUT2D eigenvalue weighted by Gasteiger charge is -2.25. The van der Waals surface area contributed by atoms with Gasteiger partial charge in [0.2, 0.25) is 11.8 Å². The minimum Gasteiger partial charge on any atom is -0.392 e. The van der Waals surface area contributed by atoms with Gasteiger partial charge in [-0.25, -0.2) is 4.39 Å². The fourth-order valence-electron chi connectivity index (χ4n) is 4.63. The van der Waals surface area contributed by atoms with E-state index in [0.29, 0.717) is 43.6 Å². The summed E-state index contributed by atoms with van der Waals surface area (Å²) in [6.45, 7) is 0.500. The summed E-state index contributed by atoms with van der Waals surface area (Å²) in [5.41, 5.74) is 1.59. The summed E-state index contributed by atoms with van der Waals surface area (Å²) in [6, 6.07) is 18.5. The highest BCUT2D eigenvalue weighted by molar-refractivity contribution is 5.94. The van der Waals surface area contributed by atoms with E-state index in [1.54, 1.807) is 23.1 Å². The van der Waals surface area contributed by atoms with Crippen molar-refractivity contribution < 1.29 is 32.3 Å². The van der Waals surface area contributed by atoms with Crippen molar-refractivity contribution in [3.63, 3.8) is 0 Å². The molecule has 2 amide bonds. The number of alkyl halides is 3. The number of nitriles is 1. The topological polar surface area (TPSA) is 96.7 Å². The number of rotatable bonds is 9. The number of hydrogen-bond acceptors (Lipinski definition) is 5. The van der Waals surface area contributed by atoms with Crippen LogP contribution in [0, 0.1) is 17.1 Å². The molecule has 1 atom stereocenters. The van der Waals surface area contributed by atoms with E-state index in [4.69, 9.17) is 5.26 Å². The predicted octanol–water partition coefficient (Wildman–Crippen LogP) is 4.46. The molecule has 0 saturated carbocycles. The number of β-amino-alcohol motifs (C(OH)–C–C–N with tert-alkyl or cyclic N) is 1. The fraction of sp³-hybridized carbons (Fsp3) is 0.300. The molecule has 41 heavy (non-hydrogen) atoms. The molecule has 0 bridgehead atoms. The number of hydrogen-bond donors (Lipinski definition) is 2. The summed E-state index contributed by atoms with van der Waals surface area (Å²) < 4.78 is 53.0. The highest BCUT2D eigenvalue weighted by Crippen LogP contribution is 2.31. The fourth-order valence-corrected chi connectivity index (χ4v) is 4.63. The molecule has 1 heterocycles. The van der Waals surface area contributed by atoms with Crippen LogP contribution < -0.4 is 5.32 Å². The maximum absolute atomic E-state index is 13.8. The van der Waals surface area contributed by atoms with Gasteiger partial charge in [0.25, 0.3) is 0 Å². The number of benzene rings is 3. The Hall–Kier alpha value is -4.27. The first-order valence-electron chi connectivity index (χ1n) is 13.0. The molecule has 214 valence electrons. The molecule has 1 fully saturated rings. The zero-order chi connectivity index (χ0) is 29.6. The Morgan fingerprint density at radius 1 is 1.07 bits per heavy atom. The van der Waals surface area contributed by atoms with Gasteiger partial charge in [0.15, 0.2) is 0 Å². The number of nitrogens with one attached hydrogen (secondary N) is 1. The molecule has 3 aromatic rings. The highest BCUT2D eigenvalue weighted by atomic mass is 19.4. The second kappa shape index (κ2) is 12.9. The molecule has 11 heteroatoms. The first-order valence-corrected chi connectivity index (χ1v) is 13.0. The van der Waals surface area contributed by atoms with E-state index in [0.717, 1.165) is 22.8 Å². The van der Waals surface area contributed by atoms with Crippen molar-refractivity contribution in [1.29, 1.82) is 5.26 Å². The van der Waals surface area contributed by atoms with Crippen molar-refractivity contribution in [3.8, 4) is 17.2 Å². The highest BCUT2D eigenvalue weighted by Gasteiger charge is 2.32. The SMILES string of the molecule is N#Cc1cccc(-c2ccc(CCN(CC(=O)Nc3cc(F)cc(C(F)(F)F)c3)C(=O)CN3CC[C@@H](O)C3)cc2)c1. The van der Waals surface area contributed by atoms with E-state index in [1.807, 2.05) is 30.3 Å². The Bertz CT molecular complexity index is 1440. The number of nitrogens with zero attached hydrogens (tertiary/aromatic N) is 3. The van der Waals surface area contributed by atoms with E-state index in [2.05, 4.69) is 11.4 Å². The first-order chi connectivity index (χ1) is 19.5. The molecule has 1 saturated heterocycles. The molecule has 4 rings (SSSR count). The van der Waals surface area contributed by atoms with Crippen LogP contribution in [-0.2, 0) is 22.2 Å². The number of amides is 2. The summed E-state index contributed by atoms with van der Waals surface area (Å²) in [6.07, 6.45) is -4.42. The van der Waals surface area contributed by atoms with Crippen LogP contribution in [0.4, 0.5) is 23.2 Å². The molecule has 2 N–H and O–H groups in total.